The van der Waals surface area contributed by atoms with Crippen molar-refractivity contribution in [1.29, 1.82) is 0 Å². The fourth-order valence-corrected chi connectivity index (χ4v) is 2.47. The molecule has 0 aliphatic carbocycles. The number of hydrogen-bond donors (Lipinski definition) is 1. The Morgan fingerprint density at radius 2 is 2.62 bits per heavy atom. The number of hydrogen-bond acceptors (Lipinski definition) is 4. The highest BCUT2D eigenvalue weighted by Gasteiger charge is 2.19. The maximum Gasteiger partial charge on any atom is 0.178 e. The summed E-state index contributed by atoms with van der Waals surface area (Å²) in [4.78, 5) is 15.3. The molecule has 1 aliphatic heterocycles. The maximum atomic E-state index is 11.0. The van der Waals surface area contributed by atoms with Gasteiger partial charge in [-0.15, -0.1) is 11.3 Å². The zero-order valence-electron chi connectivity index (χ0n) is 7.54. The summed E-state index contributed by atoms with van der Waals surface area (Å²) in [7, 11) is 0. The SMILES string of the molecule is CC(=O)c1csc(C2CCCN2)n1. The van der Waals surface area contributed by atoms with E-state index in [0.717, 1.165) is 18.0 Å². The molecule has 1 fully saturated rings. The van der Waals surface area contributed by atoms with Gasteiger partial charge in [-0.1, -0.05) is 0 Å². The second-order valence-corrected chi connectivity index (χ2v) is 4.17. The molecule has 1 unspecified atom stereocenters. The number of nitrogens with zero attached hydrogens (tertiary/aromatic N) is 1. The third-order valence-corrected chi connectivity index (χ3v) is 3.20. The highest BCUT2D eigenvalue weighted by Crippen LogP contribution is 2.25. The average molecular weight is 196 g/mol. The van der Waals surface area contributed by atoms with Gasteiger partial charge in [-0.05, 0) is 19.4 Å². The Balaban J connectivity index is 2.16. The fraction of sp³-hybridized carbons (Fsp3) is 0.556. The minimum absolute atomic E-state index is 0.0560. The van der Waals surface area contributed by atoms with Gasteiger partial charge >= 0.3 is 0 Å². The Kier molecular flexibility index (Phi) is 2.42. The lowest BCUT2D eigenvalue weighted by Gasteiger charge is -2.03. The zero-order chi connectivity index (χ0) is 9.26. The molecule has 2 rings (SSSR count). The van der Waals surface area contributed by atoms with Gasteiger partial charge in [-0.2, -0.15) is 0 Å². The standard InChI is InChI=1S/C9H12N2OS/c1-6(12)8-5-13-9(11-8)7-3-2-4-10-7/h5,7,10H,2-4H2,1H3. The van der Waals surface area contributed by atoms with E-state index in [9.17, 15) is 4.79 Å². The lowest BCUT2D eigenvalue weighted by atomic mass is 10.2. The summed E-state index contributed by atoms with van der Waals surface area (Å²) in [6.45, 7) is 2.63. The van der Waals surface area contributed by atoms with E-state index in [2.05, 4.69) is 10.3 Å². The second kappa shape index (κ2) is 3.55. The van der Waals surface area contributed by atoms with Gasteiger partial charge in [-0.3, -0.25) is 4.79 Å². The monoisotopic (exact) mass is 196 g/mol. The molecule has 1 N–H and O–H groups in total. The lowest BCUT2D eigenvalue weighted by Crippen LogP contribution is -2.12. The van der Waals surface area contributed by atoms with Gasteiger partial charge < -0.3 is 5.32 Å². The topological polar surface area (TPSA) is 42.0 Å². The minimum Gasteiger partial charge on any atom is -0.308 e. The molecular weight excluding hydrogens is 184 g/mol. The van der Waals surface area contributed by atoms with Crippen molar-refractivity contribution in [2.75, 3.05) is 6.54 Å². The Morgan fingerprint density at radius 1 is 1.77 bits per heavy atom. The van der Waals surface area contributed by atoms with Crippen LogP contribution >= 0.6 is 11.3 Å². The van der Waals surface area contributed by atoms with Crippen LogP contribution in [0, 0.1) is 0 Å². The summed E-state index contributed by atoms with van der Waals surface area (Å²) in [5.41, 5.74) is 0.605. The number of Topliss-reactive ketones (excluding diaryl/α,β-unsaturated/α-hetero) is 1. The molecule has 0 saturated carbocycles. The largest absolute Gasteiger partial charge is 0.308 e. The van der Waals surface area contributed by atoms with E-state index in [-0.39, 0.29) is 5.78 Å². The summed E-state index contributed by atoms with van der Waals surface area (Å²) in [5, 5.41) is 6.26. The van der Waals surface area contributed by atoms with Gasteiger partial charge in [0, 0.05) is 12.3 Å². The van der Waals surface area contributed by atoms with Crippen molar-refractivity contribution in [2.45, 2.75) is 25.8 Å². The third-order valence-electron chi connectivity index (χ3n) is 2.24. The van der Waals surface area contributed by atoms with Crippen LogP contribution in [0.4, 0.5) is 0 Å². The van der Waals surface area contributed by atoms with Crippen LogP contribution in [0.5, 0.6) is 0 Å². The first-order chi connectivity index (χ1) is 6.27. The van der Waals surface area contributed by atoms with Crippen LogP contribution < -0.4 is 5.32 Å². The molecule has 2 heterocycles. The highest BCUT2D eigenvalue weighted by atomic mass is 32.1. The number of thiazole rings is 1. The quantitative estimate of drug-likeness (QED) is 0.733. The van der Waals surface area contributed by atoms with Crippen molar-refractivity contribution in [3.8, 4) is 0 Å². The van der Waals surface area contributed by atoms with Crippen LogP contribution in [-0.4, -0.2) is 17.3 Å². The van der Waals surface area contributed by atoms with Crippen LogP contribution in [-0.2, 0) is 0 Å². The Hall–Kier alpha value is -0.740. The van der Waals surface area contributed by atoms with Crippen molar-refractivity contribution in [3.05, 3.63) is 16.1 Å². The minimum atomic E-state index is 0.0560. The van der Waals surface area contributed by atoms with Gasteiger partial charge in [0.05, 0.1) is 6.04 Å². The van der Waals surface area contributed by atoms with Gasteiger partial charge in [0.1, 0.15) is 10.7 Å². The third kappa shape index (κ3) is 1.78. The lowest BCUT2D eigenvalue weighted by molar-refractivity contribution is 0.101. The van der Waals surface area contributed by atoms with Gasteiger partial charge in [0.25, 0.3) is 0 Å². The number of carbonyl (C=O) groups is 1. The van der Waals surface area contributed by atoms with E-state index >= 15 is 0 Å². The van der Waals surface area contributed by atoms with E-state index in [0.29, 0.717) is 11.7 Å². The number of carbonyl (C=O) groups excluding carboxylic acids is 1. The Labute approximate surface area is 81.2 Å². The predicted molar refractivity (Wildman–Crippen MR) is 52.1 cm³/mol. The predicted octanol–water partition coefficient (Wildman–Crippen LogP) is 1.77. The second-order valence-electron chi connectivity index (χ2n) is 3.28. The smallest absolute Gasteiger partial charge is 0.178 e. The first-order valence-electron chi connectivity index (χ1n) is 4.47. The average Bonchev–Trinajstić information content (AvgIpc) is 2.75. The molecular formula is C9H12N2OS. The van der Waals surface area contributed by atoms with Crippen LogP contribution in [0.25, 0.3) is 0 Å². The molecule has 0 bridgehead atoms. The summed E-state index contributed by atoms with van der Waals surface area (Å²) in [6, 6.07) is 0.387. The molecule has 4 heteroatoms. The van der Waals surface area contributed by atoms with Crippen molar-refractivity contribution >= 4 is 17.1 Å². The summed E-state index contributed by atoms with van der Waals surface area (Å²) >= 11 is 1.58. The molecule has 1 aromatic heterocycles. The maximum absolute atomic E-state index is 11.0. The molecule has 0 amide bonds. The molecule has 1 aliphatic rings. The van der Waals surface area contributed by atoms with Crippen molar-refractivity contribution in [3.63, 3.8) is 0 Å². The molecule has 13 heavy (non-hydrogen) atoms. The molecule has 1 atom stereocenters. The number of nitrogens with one attached hydrogen (secondary N) is 1. The Bertz CT molecular complexity index is 315. The van der Waals surface area contributed by atoms with E-state index < -0.39 is 0 Å². The summed E-state index contributed by atoms with van der Waals surface area (Å²) < 4.78 is 0. The molecule has 0 radical (unpaired) electrons. The molecule has 1 saturated heterocycles. The molecule has 0 aromatic carbocycles. The van der Waals surface area contributed by atoms with Gasteiger partial charge in [-0.25, -0.2) is 4.98 Å². The first-order valence-corrected chi connectivity index (χ1v) is 5.35. The van der Waals surface area contributed by atoms with Crippen molar-refractivity contribution in [1.82, 2.24) is 10.3 Å². The number of ketones is 1. The van der Waals surface area contributed by atoms with Gasteiger partial charge in [0.15, 0.2) is 5.78 Å². The van der Waals surface area contributed by atoms with Crippen molar-refractivity contribution < 1.29 is 4.79 Å². The van der Waals surface area contributed by atoms with Crippen LogP contribution in [0.3, 0.4) is 0 Å². The van der Waals surface area contributed by atoms with Gasteiger partial charge in [0.2, 0.25) is 0 Å². The number of rotatable bonds is 2. The summed E-state index contributed by atoms with van der Waals surface area (Å²) in [5.74, 6) is 0.0560. The highest BCUT2D eigenvalue weighted by molar-refractivity contribution is 7.09. The zero-order valence-corrected chi connectivity index (χ0v) is 8.36. The van der Waals surface area contributed by atoms with E-state index in [1.807, 2.05) is 5.38 Å². The summed E-state index contributed by atoms with van der Waals surface area (Å²) in [6.07, 6.45) is 2.35. The van der Waals surface area contributed by atoms with Crippen LogP contribution in [0.1, 0.15) is 41.3 Å². The molecule has 70 valence electrons. The Morgan fingerprint density at radius 3 is 3.15 bits per heavy atom. The normalized spacial score (nSPS) is 22.1. The first kappa shape index (κ1) is 8.84. The molecule has 1 aromatic rings. The molecule has 3 nitrogen and oxygen atoms in total. The van der Waals surface area contributed by atoms with E-state index in [1.54, 1.807) is 18.3 Å². The van der Waals surface area contributed by atoms with E-state index in [1.165, 1.54) is 6.42 Å². The van der Waals surface area contributed by atoms with Crippen molar-refractivity contribution in [2.24, 2.45) is 0 Å². The van der Waals surface area contributed by atoms with Crippen LogP contribution in [0.2, 0.25) is 0 Å². The fourth-order valence-electron chi connectivity index (χ4n) is 1.50. The van der Waals surface area contributed by atoms with Crippen LogP contribution in [0.15, 0.2) is 5.38 Å². The molecule has 0 spiro atoms. The number of aromatic nitrogens is 1. The van der Waals surface area contributed by atoms with E-state index in [4.69, 9.17) is 0 Å².